The minimum Gasteiger partial charge on any atom is -0.383 e. The first-order chi connectivity index (χ1) is 15.1. The molecule has 0 saturated carbocycles. The number of H-pyrrole nitrogens is 1. The van der Waals surface area contributed by atoms with Crippen molar-refractivity contribution < 1.29 is 9.13 Å². The predicted molar refractivity (Wildman–Crippen MR) is 119 cm³/mol. The van der Waals surface area contributed by atoms with Gasteiger partial charge in [0.1, 0.15) is 5.82 Å². The van der Waals surface area contributed by atoms with E-state index in [1.807, 2.05) is 24.3 Å². The topological polar surface area (TPSA) is 70.2 Å². The molecule has 1 saturated heterocycles. The van der Waals surface area contributed by atoms with Gasteiger partial charge in [0.25, 0.3) is 5.56 Å². The number of nitrogens with zero attached hydrogens (tertiary/aromatic N) is 2. The fourth-order valence-electron chi connectivity index (χ4n) is 5.10. The number of ether oxygens (including phenoxy) is 1. The second-order valence-electron chi connectivity index (χ2n) is 8.33. The molecule has 0 unspecified atom stereocenters. The van der Waals surface area contributed by atoms with Gasteiger partial charge in [-0.2, -0.15) is 5.10 Å². The molecule has 31 heavy (non-hydrogen) atoms. The lowest BCUT2D eigenvalue weighted by molar-refractivity contribution is 0.158. The molecule has 0 spiro atoms. The van der Waals surface area contributed by atoms with Gasteiger partial charge in [0.15, 0.2) is 0 Å². The Morgan fingerprint density at radius 1 is 1.32 bits per heavy atom. The van der Waals surface area contributed by atoms with Crippen LogP contribution in [-0.2, 0) is 4.74 Å². The SMILES string of the molecule is COCCN1CC[C@H]([C@@H]2Nc3cc(F)cc4c(=O)[nH]nc(c34)[C@H]2c2ccccc2Cl)C1. The summed E-state index contributed by atoms with van der Waals surface area (Å²) in [5.74, 6) is -0.308. The average Bonchev–Trinajstić information content (AvgIpc) is 3.23. The third kappa shape index (κ3) is 3.60. The molecular formula is C23H24ClFN4O2. The van der Waals surface area contributed by atoms with Crippen LogP contribution in [-0.4, -0.2) is 54.5 Å². The molecule has 0 bridgehead atoms. The number of likely N-dealkylation sites (tertiary alicyclic amines) is 1. The van der Waals surface area contributed by atoms with E-state index in [2.05, 4.69) is 20.4 Å². The summed E-state index contributed by atoms with van der Waals surface area (Å²) in [6, 6.07) is 10.4. The van der Waals surface area contributed by atoms with Crippen molar-refractivity contribution in [3.8, 4) is 0 Å². The number of anilines is 1. The molecule has 2 N–H and O–H groups in total. The molecule has 0 radical (unpaired) electrons. The predicted octanol–water partition coefficient (Wildman–Crippen LogP) is 3.61. The van der Waals surface area contributed by atoms with E-state index in [1.54, 1.807) is 7.11 Å². The second kappa shape index (κ2) is 8.22. The molecule has 3 atom stereocenters. The van der Waals surface area contributed by atoms with Crippen LogP contribution in [0.15, 0.2) is 41.2 Å². The van der Waals surface area contributed by atoms with Gasteiger partial charge in [-0.25, -0.2) is 9.49 Å². The molecule has 6 nitrogen and oxygen atoms in total. The molecule has 2 aromatic carbocycles. The number of hydrogen-bond acceptors (Lipinski definition) is 5. The average molecular weight is 443 g/mol. The molecule has 2 aliphatic rings. The van der Waals surface area contributed by atoms with Crippen molar-refractivity contribution in [1.82, 2.24) is 15.1 Å². The lowest BCUT2D eigenvalue weighted by atomic mass is 9.77. The zero-order chi connectivity index (χ0) is 21.5. The lowest BCUT2D eigenvalue weighted by Crippen LogP contribution is -2.41. The van der Waals surface area contributed by atoms with Crippen LogP contribution in [0.25, 0.3) is 10.8 Å². The molecule has 0 amide bonds. The van der Waals surface area contributed by atoms with Crippen LogP contribution in [0.4, 0.5) is 10.1 Å². The van der Waals surface area contributed by atoms with Gasteiger partial charge in [0.2, 0.25) is 0 Å². The molecular weight excluding hydrogens is 419 g/mol. The number of methoxy groups -OCH3 is 1. The molecule has 5 rings (SSSR count). The van der Waals surface area contributed by atoms with Crippen molar-refractivity contribution in [1.29, 1.82) is 0 Å². The number of nitrogens with one attached hydrogen (secondary N) is 2. The zero-order valence-electron chi connectivity index (χ0n) is 17.2. The summed E-state index contributed by atoms with van der Waals surface area (Å²) in [7, 11) is 1.71. The molecule has 3 aromatic rings. The Labute approximate surface area is 184 Å². The van der Waals surface area contributed by atoms with E-state index in [9.17, 15) is 9.18 Å². The van der Waals surface area contributed by atoms with Crippen molar-refractivity contribution in [3.63, 3.8) is 0 Å². The quantitative estimate of drug-likeness (QED) is 0.631. The van der Waals surface area contributed by atoms with Gasteiger partial charge in [-0.05, 0) is 42.6 Å². The number of rotatable bonds is 5. The minimum absolute atomic E-state index is 0.0386. The molecule has 162 valence electrons. The highest BCUT2D eigenvalue weighted by Crippen LogP contribution is 2.45. The van der Waals surface area contributed by atoms with Crippen molar-refractivity contribution in [3.05, 3.63) is 68.8 Å². The number of halogens is 2. The summed E-state index contributed by atoms with van der Waals surface area (Å²) in [6.45, 7) is 3.45. The van der Waals surface area contributed by atoms with Crippen molar-refractivity contribution in [2.45, 2.75) is 18.4 Å². The van der Waals surface area contributed by atoms with Crippen molar-refractivity contribution in [2.24, 2.45) is 5.92 Å². The van der Waals surface area contributed by atoms with E-state index in [-0.39, 0.29) is 12.0 Å². The van der Waals surface area contributed by atoms with Gasteiger partial charge < -0.3 is 15.0 Å². The van der Waals surface area contributed by atoms with E-state index in [0.29, 0.717) is 34.0 Å². The molecule has 3 heterocycles. The van der Waals surface area contributed by atoms with Gasteiger partial charge in [0.05, 0.1) is 23.6 Å². The third-order valence-corrected chi connectivity index (χ3v) is 6.87. The highest BCUT2D eigenvalue weighted by atomic mass is 35.5. The van der Waals surface area contributed by atoms with Gasteiger partial charge in [-0.3, -0.25) is 4.79 Å². The third-order valence-electron chi connectivity index (χ3n) is 6.53. The number of aromatic amines is 1. The van der Waals surface area contributed by atoms with Crippen LogP contribution in [0.2, 0.25) is 5.02 Å². The van der Waals surface area contributed by atoms with Gasteiger partial charge in [0, 0.05) is 42.3 Å². The Morgan fingerprint density at radius 3 is 2.97 bits per heavy atom. The number of aromatic nitrogens is 2. The minimum atomic E-state index is -0.444. The van der Waals surface area contributed by atoms with Crippen LogP contribution in [0.1, 0.15) is 23.6 Å². The van der Waals surface area contributed by atoms with Crippen molar-refractivity contribution >= 4 is 28.1 Å². The number of hydrogen-bond donors (Lipinski definition) is 2. The van der Waals surface area contributed by atoms with Gasteiger partial charge in [-0.1, -0.05) is 29.8 Å². The van der Waals surface area contributed by atoms with Crippen molar-refractivity contribution in [2.75, 3.05) is 38.7 Å². The molecule has 1 fully saturated rings. The highest BCUT2D eigenvalue weighted by molar-refractivity contribution is 6.31. The Balaban J connectivity index is 1.64. The summed E-state index contributed by atoms with van der Waals surface area (Å²) in [5, 5.41) is 12.2. The van der Waals surface area contributed by atoms with Gasteiger partial charge in [-0.15, -0.1) is 0 Å². The zero-order valence-corrected chi connectivity index (χ0v) is 18.0. The first kappa shape index (κ1) is 20.4. The van der Waals surface area contributed by atoms with E-state index < -0.39 is 11.4 Å². The molecule has 8 heteroatoms. The van der Waals surface area contributed by atoms with E-state index in [1.165, 1.54) is 12.1 Å². The Hall–Kier alpha value is -2.48. The van der Waals surface area contributed by atoms with Crippen LogP contribution < -0.4 is 10.9 Å². The Bertz CT molecular complexity index is 1180. The molecule has 0 aliphatic carbocycles. The first-order valence-electron chi connectivity index (χ1n) is 10.5. The fourth-order valence-corrected chi connectivity index (χ4v) is 5.35. The summed E-state index contributed by atoms with van der Waals surface area (Å²) >= 11 is 6.63. The first-order valence-corrected chi connectivity index (χ1v) is 10.9. The summed E-state index contributed by atoms with van der Waals surface area (Å²) in [5.41, 5.74) is 1.90. The summed E-state index contributed by atoms with van der Waals surface area (Å²) < 4.78 is 19.6. The van der Waals surface area contributed by atoms with E-state index in [4.69, 9.17) is 16.3 Å². The largest absolute Gasteiger partial charge is 0.383 e. The normalized spacial score (nSPS) is 23.3. The van der Waals surface area contributed by atoms with Gasteiger partial charge >= 0.3 is 0 Å². The number of benzene rings is 2. The summed E-state index contributed by atoms with van der Waals surface area (Å²) in [6.07, 6.45) is 0.999. The van der Waals surface area contributed by atoms with Crippen LogP contribution in [0.3, 0.4) is 0 Å². The second-order valence-corrected chi connectivity index (χ2v) is 8.73. The Morgan fingerprint density at radius 2 is 2.16 bits per heavy atom. The lowest BCUT2D eigenvalue weighted by Gasteiger charge is -2.38. The fraction of sp³-hybridized carbons (Fsp3) is 0.391. The van der Waals surface area contributed by atoms with E-state index >= 15 is 0 Å². The maximum atomic E-state index is 14.4. The molecule has 1 aromatic heterocycles. The maximum absolute atomic E-state index is 14.4. The Kier molecular flexibility index (Phi) is 5.42. The maximum Gasteiger partial charge on any atom is 0.272 e. The highest BCUT2D eigenvalue weighted by Gasteiger charge is 2.41. The molecule has 2 aliphatic heterocycles. The monoisotopic (exact) mass is 442 g/mol. The van der Waals surface area contributed by atoms with E-state index in [0.717, 1.165) is 37.3 Å². The van der Waals surface area contributed by atoms with Crippen LogP contribution >= 0.6 is 11.6 Å². The standard InChI is InChI=1S/C23H24ClFN4O2/c1-31-9-8-29-7-6-13(12-29)21-20(15-4-2-3-5-17(15)24)22-19-16(23(30)28-27-22)10-14(25)11-18(19)26-21/h2-5,10-11,13,20-21,26H,6-9,12H2,1H3,(H,28,30)/t13-,20-,21-/m0/s1. The summed E-state index contributed by atoms with van der Waals surface area (Å²) in [4.78, 5) is 14.8. The smallest absolute Gasteiger partial charge is 0.272 e. The van der Waals surface area contributed by atoms with Crippen LogP contribution in [0.5, 0.6) is 0 Å². The van der Waals surface area contributed by atoms with Crippen LogP contribution in [0, 0.1) is 11.7 Å².